The number of halogens is 1. The summed E-state index contributed by atoms with van der Waals surface area (Å²) in [5.74, 6) is 2.06. The first-order chi connectivity index (χ1) is 15.4. The van der Waals surface area contributed by atoms with Gasteiger partial charge in [-0.05, 0) is 60.6 Å². The number of nitrogens with one attached hydrogen (secondary N) is 1. The van der Waals surface area contributed by atoms with Crippen molar-refractivity contribution < 1.29 is 9.84 Å². The lowest BCUT2D eigenvalue weighted by Gasteiger charge is -2.23. The minimum Gasteiger partial charge on any atom is -0.495 e. The lowest BCUT2D eigenvalue weighted by atomic mass is 10.0. The van der Waals surface area contributed by atoms with Gasteiger partial charge in [0.1, 0.15) is 17.4 Å². The first-order valence-electron chi connectivity index (χ1n) is 10.6. The molecule has 4 rings (SSSR count). The van der Waals surface area contributed by atoms with E-state index in [4.69, 9.17) is 27.5 Å². The molecule has 7 nitrogen and oxygen atoms in total. The van der Waals surface area contributed by atoms with Crippen molar-refractivity contribution in [1.82, 2.24) is 4.90 Å². The van der Waals surface area contributed by atoms with E-state index in [1.54, 1.807) is 37.4 Å². The van der Waals surface area contributed by atoms with Gasteiger partial charge in [0.2, 0.25) is 0 Å². The molecule has 166 valence electrons. The molecule has 32 heavy (non-hydrogen) atoms. The predicted octanol–water partition coefficient (Wildman–Crippen LogP) is 3.15. The van der Waals surface area contributed by atoms with Crippen molar-refractivity contribution in [3.63, 3.8) is 0 Å². The fraction of sp³-hybridized carbons (Fsp3) is 0.375. The number of ether oxygens (including phenoxy) is 1. The van der Waals surface area contributed by atoms with E-state index < -0.39 is 0 Å². The normalized spacial score (nSPS) is 22.5. The number of aliphatic imine (C=N–C) groups is 1. The third-order valence-corrected chi connectivity index (χ3v) is 6.67. The molecule has 1 aliphatic heterocycles. The number of nitrogens with two attached hydrogens (primary N) is 1. The van der Waals surface area contributed by atoms with Crippen LogP contribution in [0.25, 0.3) is 0 Å². The number of amidine groups is 2. The average Bonchev–Trinajstić information content (AvgIpc) is 3.34. The van der Waals surface area contributed by atoms with Gasteiger partial charge < -0.3 is 20.5 Å². The summed E-state index contributed by atoms with van der Waals surface area (Å²) in [5.41, 5.74) is 8.90. The van der Waals surface area contributed by atoms with Crippen molar-refractivity contribution >= 4 is 23.3 Å². The molecule has 8 heteroatoms. The molecule has 2 fully saturated rings. The number of benzene rings is 2. The molecule has 4 N–H and O–H groups in total. The van der Waals surface area contributed by atoms with Gasteiger partial charge in [-0.3, -0.25) is 10.4 Å². The maximum absolute atomic E-state index is 9.90. The van der Waals surface area contributed by atoms with E-state index in [1.165, 1.54) is 0 Å². The highest BCUT2D eigenvalue weighted by Gasteiger charge is 2.41. The van der Waals surface area contributed by atoms with Crippen LogP contribution in [0.2, 0.25) is 5.02 Å². The summed E-state index contributed by atoms with van der Waals surface area (Å²) in [7, 11) is 1.56. The Morgan fingerprint density at radius 3 is 2.59 bits per heavy atom. The Labute approximate surface area is 192 Å². The Morgan fingerprint density at radius 2 is 1.97 bits per heavy atom. The molecule has 1 saturated heterocycles. The summed E-state index contributed by atoms with van der Waals surface area (Å²) >= 11 is 6.20. The van der Waals surface area contributed by atoms with Crippen LogP contribution in [0.3, 0.4) is 0 Å². The first kappa shape index (κ1) is 22.1. The van der Waals surface area contributed by atoms with E-state index in [0.717, 1.165) is 31.5 Å². The maximum Gasteiger partial charge on any atom is 0.137 e. The zero-order valence-corrected chi connectivity index (χ0v) is 18.6. The number of methoxy groups -OCH3 is 1. The molecule has 1 heterocycles. The molecule has 1 aliphatic carbocycles. The molecule has 0 amide bonds. The van der Waals surface area contributed by atoms with Gasteiger partial charge in [-0.1, -0.05) is 17.7 Å². The number of aliphatic hydroxyl groups excluding tert-OH is 1. The number of nitrogens with zero attached hydrogens (tertiary/aromatic N) is 3. The second-order valence-corrected chi connectivity index (χ2v) is 8.85. The second kappa shape index (κ2) is 9.19. The van der Waals surface area contributed by atoms with Crippen molar-refractivity contribution in [3.8, 4) is 11.8 Å². The van der Waals surface area contributed by atoms with Gasteiger partial charge >= 0.3 is 0 Å². The molecule has 2 aliphatic rings. The van der Waals surface area contributed by atoms with Crippen LogP contribution in [0.1, 0.15) is 35.1 Å². The molecule has 2 atom stereocenters. The topological polar surface area (TPSA) is 119 Å². The monoisotopic (exact) mass is 451 g/mol. The number of hydrogen-bond donors (Lipinski definition) is 3. The van der Waals surface area contributed by atoms with Crippen molar-refractivity contribution in [2.75, 3.05) is 20.2 Å². The Balaban J connectivity index is 1.57. The van der Waals surface area contributed by atoms with E-state index in [9.17, 15) is 10.4 Å². The average molecular weight is 452 g/mol. The highest BCUT2D eigenvalue weighted by Crippen LogP contribution is 2.38. The van der Waals surface area contributed by atoms with E-state index in [0.29, 0.717) is 51.7 Å². The zero-order chi connectivity index (χ0) is 22.8. The summed E-state index contributed by atoms with van der Waals surface area (Å²) in [6, 6.07) is 12.7. The van der Waals surface area contributed by atoms with Crippen LogP contribution in [-0.2, 0) is 6.54 Å². The molecule has 2 unspecified atom stereocenters. The van der Waals surface area contributed by atoms with Gasteiger partial charge in [0.15, 0.2) is 0 Å². The molecule has 0 spiro atoms. The summed E-state index contributed by atoms with van der Waals surface area (Å²) in [4.78, 5) is 6.56. The standard InChI is InChI=1S/C24H26ClN5O2/c1-32-22-5-3-15(7-21(22)25)11-29-23(27)20-6-14(10-26)2-4-19(20)24(28)30-12-16-8-18(31)9-17(16)13-30/h2-7,16-18,28,31H,8-9,11-13H2,1H3,(H2,27,29). The molecule has 1 saturated carbocycles. The predicted molar refractivity (Wildman–Crippen MR) is 124 cm³/mol. The summed E-state index contributed by atoms with van der Waals surface area (Å²) in [6.45, 7) is 1.81. The quantitative estimate of drug-likeness (QED) is 0.476. The Morgan fingerprint density at radius 1 is 1.25 bits per heavy atom. The van der Waals surface area contributed by atoms with Crippen molar-refractivity contribution in [1.29, 1.82) is 10.7 Å². The molecule has 2 aromatic rings. The third kappa shape index (κ3) is 4.43. The highest BCUT2D eigenvalue weighted by atomic mass is 35.5. The maximum atomic E-state index is 9.90. The number of fused-ring (bicyclic) bond motifs is 1. The Bertz CT molecular complexity index is 1100. The molecular weight excluding hydrogens is 426 g/mol. The Kier molecular flexibility index (Phi) is 6.35. The van der Waals surface area contributed by atoms with Crippen LogP contribution in [0.15, 0.2) is 41.4 Å². The van der Waals surface area contributed by atoms with Crippen LogP contribution in [0.5, 0.6) is 5.75 Å². The lowest BCUT2D eigenvalue weighted by Crippen LogP contribution is -2.32. The smallest absolute Gasteiger partial charge is 0.137 e. The minimum absolute atomic E-state index is 0.221. The first-order valence-corrected chi connectivity index (χ1v) is 11.0. The number of hydrogen-bond acceptors (Lipinski definition) is 5. The molecule has 0 bridgehead atoms. The molecule has 0 radical (unpaired) electrons. The van der Waals surface area contributed by atoms with Crippen molar-refractivity contribution in [3.05, 3.63) is 63.7 Å². The largest absolute Gasteiger partial charge is 0.495 e. The van der Waals surface area contributed by atoms with E-state index in [-0.39, 0.29) is 11.9 Å². The highest BCUT2D eigenvalue weighted by molar-refractivity contribution is 6.32. The van der Waals surface area contributed by atoms with E-state index in [2.05, 4.69) is 11.1 Å². The Hall–Kier alpha value is -3.08. The van der Waals surface area contributed by atoms with Crippen LogP contribution >= 0.6 is 11.6 Å². The zero-order valence-electron chi connectivity index (χ0n) is 17.9. The third-order valence-electron chi connectivity index (χ3n) is 6.37. The number of likely N-dealkylation sites (tertiary alicyclic amines) is 1. The van der Waals surface area contributed by atoms with Gasteiger partial charge in [0, 0.05) is 24.2 Å². The number of aliphatic hydroxyl groups is 1. The SMILES string of the molecule is COc1ccc(CN=C(N)c2cc(C#N)ccc2C(=N)N2CC3CC(O)CC3C2)cc1Cl. The van der Waals surface area contributed by atoms with Gasteiger partial charge in [0.05, 0.1) is 36.4 Å². The van der Waals surface area contributed by atoms with Crippen LogP contribution in [0, 0.1) is 28.6 Å². The fourth-order valence-corrected chi connectivity index (χ4v) is 5.00. The van der Waals surface area contributed by atoms with Gasteiger partial charge in [-0.25, -0.2) is 0 Å². The van der Waals surface area contributed by atoms with E-state index >= 15 is 0 Å². The van der Waals surface area contributed by atoms with Crippen molar-refractivity contribution in [2.24, 2.45) is 22.6 Å². The van der Waals surface area contributed by atoms with Gasteiger partial charge in [-0.15, -0.1) is 0 Å². The second-order valence-electron chi connectivity index (χ2n) is 8.44. The lowest BCUT2D eigenvalue weighted by molar-refractivity contribution is 0.168. The summed E-state index contributed by atoms with van der Waals surface area (Å²) in [5, 5.41) is 28.6. The fourth-order valence-electron chi connectivity index (χ4n) is 4.72. The van der Waals surface area contributed by atoms with E-state index in [1.807, 2.05) is 11.0 Å². The molecular formula is C24H26ClN5O2. The van der Waals surface area contributed by atoms with Crippen LogP contribution in [0.4, 0.5) is 0 Å². The van der Waals surface area contributed by atoms with Crippen LogP contribution < -0.4 is 10.5 Å². The molecule has 2 aromatic carbocycles. The summed E-state index contributed by atoms with van der Waals surface area (Å²) in [6.07, 6.45) is 1.37. The summed E-state index contributed by atoms with van der Waals surface area (Å²) < 4.78 is 5.18. The number of rotatable bonds is 5. The number of nitriles is 1. The van der Waals surface area contributed by atoms with Crippen molar-refractivity contribution in [2.45, 2.75) is 25.5 Å². The minimum atomic E-state index is -0.221. The van der Waals surface area contributed by atoms with Gasteiger partial charge in [0.25, 0.3) is 0 Å². The van der Waals surface area contributed by atoms with Gasteiger partial charge in [-0.2, -0.15) is 5.26 Å². The van der Waals surface area contributed by atoms with Crippen LogP contribution in [-0.4, -0.2) is 48.0 Å². The molecule has 0 aromatic heterocycles.